The molecule has 0 saturated heterocycles. The summed E-state index contributed by atoms with van der Waals surface area (Å²) in [7, 11) is 0. The van der Waals surface area contributed by atoms with Crippen LogP contribution in [0.25, 0.3) is 0 Å². The van der Waals surface area contributed by atoms with Gasteiger partial charge in [-0.1, -0.05) is 35.9 Å². The number of hydrogen-bond acceptors (Lipinski definition) is 2. The second-order valence-corrected chi connectivity index (χ2v) is 6.76. The molecule has 0 N–H and O–H groups in total. The van der Waals surface area contributed by atoms with Gasteiger partial charge in [0.25, 0.3) is 0 Å². The van der Waals surface area contributed by atoms with Crippen molar-refractivity contribution in [2.45, 2.75) is 13.8 Å². The molecule has 1 rings (SSSR count). The van der Waals surface area contributed by atoms with Gasteiger partial charge in [0.15, 0.2) is 0 Å². The third-order valence-corrected chi connectivity index (χ3v) is 2.36. The summed E-state index contributed by atoms with van der Waals surface area (Å²) in [5.74, 6) is 0. The Balaban J connectivity index is 0.000000241. The van der Waals surface area contributed by atoms with Crippen LogP contribution in [0.2, 0.25) is 0 Å². The molecule has 0 spiro atoms. The molecule has 0 amide bonds. The van der Waals surface area contributed by atoms with E-state index in [0.29, 0.717) is 0 Å². The second kappa shape index (κ2) is 7.30. The van der Waals surface area contributed by atoms with Crippen molar-refractivity contribution >= 4 is 28.6 Å². The van der Waals surface area contributed by atoms with Crippen LogP contribution in [0.3, 0.4) is 0 Å². The zero-order valence-electron chi connectivity index (χ0n) is 8.11. The first kappa shape index (κ1) is 14.0. The second-order valence-electron chi connectivity index (χ2n) is 2.49. The van der Waals surface area contributed by atoms with Crippen LogP contribution in [0.4, 0.5) is 0 Å². The number of rotatable bonds is 2. The lowest BCUT2D eigenvalue weighted by molar-refractivity contribution is 0.356. The minimum absolute atomic E-state index is 0.282. The zero-order valence-corrected chi connectivity index (χ0v) is 10.5. The number of benzene rings is 1. The maximum absolute atomic E-state index is 10.1. The van der Waals surface area contributed by atoms with Crippen LogP contribution in [-0.4, -0.2) is 6.61 Å². The first-order chi connectivity index (χ1) is 6.45. The molecule has 0 heterocycles. The topological polar surface area (TPSA) is 26.3 Å². The third kappa shape index (κ3) is 10.1. The molecule has 0 radical (unpaired) electrons. The lowest BCUT2D eigenvalue weighted by Gasteiger charge is -1.96. The van der Waals surface area contributed by atoms with Crippen LogP contribution in [-0.2, 0) is 9.09 Å². The molecule has 0 unspecified atom stereocenters. The molecule has 0 aliphatic carbocycles. The van der Waals surface area contributed by atoms with Gasteiger partial charge in [0.2, 0.25) is 0 Å². The van der Waals surface area contributed by atoms with Crippen molar-refractivity contribution in [1.82, 2.24) is 0 Å². The Hall–Kier alpha value is -0.0100. The average Bonchev–Trinajstić information content (AvgIpc) is 2.04. The van der Waals surface area contributed by atoms with Crippen molar-refractivity contribution in [3.05, 3.63) is 35.9 Å². The minimum Gasteiger partial charge on any atom is -0.307 e. The monoisotopic (exact) mass is 254 g/mol. The minimum atomic E-state index is -3.22. The van der Waals surface area contributed by atoms with Gasteiger partial charge in [-0.05, 0) is 36.3 Å². The summed E-state index contributed by atoms with van der Waals surface area (Å²) >= 11 is 9.86. The molecule has 2 nitrogen and oxygen atoms in total. The molecule has 0 aromatic heterocycles. The van der Waals surface area contributed by atoms with E-state index in [0.717, 1.165) is 0 Å². The van der Waals surface area contributed by atoms with Crippen LogP contribution in [0.15, 0.2) is 30.3 Å². The van der Waals surface area contributed by atoms with E-state index in [-0.39, 0.29) is 6.61 Å². The van der Waals surface area contributed by atoms with Gasteiger partial charge in [0.05, 0.1) is 6.61 Å². The van der Waals surface area contributed by atoms with Gasteiger partial charge < -0.3 is 4.52 Å². The first-order valence-corrected chi connectivity index (χ1v) is 7.54. The van der Waals surface area contributed by atoms with Gasteiger partial charge in [-0.25, -0.2) is 0 Å². The third-order valence-electron chi connectivity index (χ3n) is 1.22. The highest BCUT2D eigenvalue weighted by Gasteiger charge is 2.10. The lowest BCUT2D eigenvalue weighted by atomic mass is 10.2. The molecular weight excluding hydrogens is 242 g/mol. The van der Waals surface area contributed by atoms with E-state index in [2.05, 4.69) is 23.6 Å². The highest BCUT2D eigenvalue weighted by atomic mass is 35.9. The van der Waals surface area contributed by atoms with Crippen LogP contribution in [0, 0.1) is 6.92 Å². The lowest BCUT2D eigenvalue weighted by Crippen LogP contribution is -1.74. The maximum Gasteiger partial charge on any atom is 0.380 e. The van der Waals surface area contributed by atoms with Gasteiger partial charge >= 0.3 is 6.07 Å². The summed E-state index contributed by atoms with van der Waals surface area (Å²) in [6, 6.07) is 10.3. The highest BCUT2D eigenvalue weighted by Crippen LogP contribution is 2.57. The summed E-state index contributed by atoms with van der Waals surface area (Å²) in [5, 5.41) is 0. The van der Waals surface area contributed by atoms with Crippen LogP contribution < -0.4 is 0 Å². The Morgan fingerprint density at radius 3 is 1.93 bits per heavy atom. The van der Waals surface area contributed by atoms with Crippen molar-refractivity contribution in [2.24, 2.45) is 0 Å². The highest BCUT2D eigenvalue weighted by molar-refractivity contribution is 8.05. The molecular formula is C9H13Cl2O2P. The Bertz CT molecular complexity index is 284. The molecule has 0 saturated carbocycles. The van der Waals surface area contributed by atoms with Crippen molar-refractivity contribution in [3.8, 4) is 0 Å². The Kier molecular flexibility index (Phi) is 7.30. The van der Waals surface area contributed by atoms with E-state index in [4.69, 9.17) is 22.5 Å². The molecule has 0 aliphatic heterocycles. The van der Waals surface area contributed by atoms with Gasteiger partial charge in [-0.15, -0.1) is 0 Å². The van der Waals surface area contributed by atoms with E-state index in [1.807, 2.05) is 18.2 Å². The quantitative estimate of drug-likeness (QED) is 0.721. The van der Waals surface area contributed by atoms with Gasteiger partial charge in [-0.2, -0.15) is 0 Å². The van der Waals surface area contributed by atoms with E-state index < -0.39 is 6.07 Å². The standard InChI is InChI=1S/C7H8.C2H5Cl2O2P/c1-7-5-3-2-4-6-7;1-2-6-7(3,4)5/h2-6H,1H3;2H2,1H3. The van der Waals surface area contributed by atoms with E-state index >= 15 is 0 Å². The average molecular weight is 255 g/mol. The molecule has 14 heavy (non-hydrogen) atoms. The number of halogens is 2. The predicted molar refractivity (Wildman–Crippen MR) is 62.1 cm³/mol. The summed E-state index contributed by atoms with van der Waals surface area (Å²) in [5.41, 5.74) is 1.32. The van der Waals surface area contributed by atoms with Gasteiger partial charge in [-0.3, -0.25) is 4.57 Å². The molecule has 0 atom stereocenters. The smallest absolute Gasteiger partial charge is 0.307 e. The fourth-order valence-electron chi connectivity index (χ4n) is 0.685. The van der Waals surface area contributed by atoms with Gasteiger partial charge in [0, 0.05) is 0 Å². The largest absolute Gasteiger partial charge is 0.380 e. The van der Waals surface area contributed by atoms with Crippen molar-refractivity contribution in [1.29, 1.82) is 0 Å². The Labute approximate surface area is 94.2 Å². The summed E-state index contributed by atoms with van der Waals surface area (Å²) in [6.45, 7) is 4.03. The fraction of sp³-hybridized carbons (Fsp3) is 0.333. The number of hydrogen-bond donors (Lipinski definition) is 0. The molecule has 0 bridgehead atoms. The Morgan fingerprint density at radius 2 is 1.79 bits per heavy atom. The van der Waals surface area contributed by atoms with Crippen molar-refractivity contribution < 1.29 is 9.09 Å². The predicted octanol–water partition coefficient (Wildman–Crippen LogP) is 4.60. The molecule has 0 fully saturated rings. The molecule has 80 valence electrons. The number of aryl methyl sites for hydroxylation is 1. The summed E-state index contributed by atoms with van der Waals surface area (Å²) in [4.78, 5) is 0. The van der Waals surface area contributed by atoms with Crippen LogP contribution in [0.1, 0.15) is 12.5 Å². The fourth-order valence-corrected chi connectivity index (χ4v) is 1.57. The summed E-state index contributed by atoms with van der Waals surface area (Å²) < 4.78 is 14.4. The van der Waals surface area contributed by atoms with E-state index in [1.165, 1.54) is 5.56 Å². The molecule has 0 aliphatic rings. The van der Waals surface area contributed by atoms with E-state index in [9.17, 15) is 4.57 Å². The van der Waals surface area contributed by atoms with Crippen LogP contribution >= 0.6 is 28.6 Å². The normalized spacial score (nSPS) is 10.3. The molecule has 1 aromatic carbocycles. The van der Waals surface area contributed by atoms with E-state index in [1.54, 1.807) is 6.92 Å². The summed E-state index contributed by atoms with van der Waals surface area (Å²) in [6.07, 6.45) is -3.22. The SMILES string of the molecule is CCOP(=O)(Cl)Cl.Cc1ccccc1. The Morgan fingerprint density at radius 1 is 1.29 bits per heavy atom. The first-order valence-electron chi connectivity index (χ1n) is 4.11. The maximum atomic E-state index is 10.1. The zero-order chi connectivity index (χ0) is 11.0. The van der Waals surface area contributed by atoms with Crippen molar-refractivity contribution in [3.63, 3.8) is 0 Å². The van der Waals surface area contributed by atoms with Crippen molar-refractivity contribution in [2.75, 3.05) is 6.61 Å². The molecule has 1 aromatic rings. The molecule has 5 heteroatoms. The van der Waals surface area contributed by atoms with Gasteiger partial charge in [0.1, 0.15) is 0 Å². The van der Waals surface area contributed by atoms with Crippen LogP contribution in [0.5, 0.6) is 0 Å².